The van der Waals surface area contributed by atoms with Gasteiger partial charge in [0.1, 0.15) is 19.0 Å². The lowest BCUT2D eigenvalue weighted by atomic mass is 9.95. The topological polar surface area (TPSA) is 91.2 Å². The number of anilines is 1. The number of rotatable bonds is 5. The molecule has 0 fully saturated rings. The third kappa shape index (κ3) is 4.72. The average Bonchev–Trinajstić information content (AvgIpc) is 3.26. The first kappa shape index (κ1) is 24.7. The maximum atomic E-state index is 13.9. The smallest absolute Gasteiger partial charge is 0.271 e. The first-order valence-electron chi connectivity index (χ1n) is 12.4. The number of thiazole rings is 1. The Morgan fingerprint density at radius 2 is 1.79 bits per heavy atom. The normalized spacial score (nSPS) is 16.4. The number of amides is 1. The number of ether oxygens (including phenoxy) is 3. The summed E-state index contributed by atoms with van der Waals surface area (Å²) >= 11 is 1.29. The van der Waals surface area contributed by atoms with E-state index in [0.29, 0.717) is 56.8 Å². The fourth-order valence-electron chi connectivity index (χ4n) is 4.73. The van der Waals surface area contributed by atoms with Gasteiger partial charge in [0.15, 0.2) is 16.3 Å². The van der Waals surface area contributed by atoms with Crippen LogP contribution in [0.5, 0.6) is 17.2 Å². The summed E-state index contributed by atoms with van der Waals surface area (Å²) < 4.78 is 18.8. The molecule has 1 unspecified atom stereocenters. The van der Waals surface area contributed by atoms with Crippen LogP contribution in [0.4, 0.5) is 5.69 Å². The van der Waals surface area contributed by atoms with Crippen LogP contribution in [-0.4, -0.2) is 30.8 Å². The van der Waals surface area contributed by atoms with E-state index in [1.165, 1.54) is 11.3 Å². The zero-order valence-electron chi connectivity index (χ0n) is 21.3. The standard InChI is InChI=1S/C30H25N3O5S/c1-18-26(28(34)32-21-6-4-3-5-7-21)27(20-9-11-22(36-2)12-10-20)33-29(35)25(39-30(33)31-18)17-19-8-13-23-24(16-19)38-15-14-37-23/h3-13,16-17,27H,14-15H2,1-2H3,(H,32,34)/b25-17+. The molecule has 0 spiro atoms. The molecule has 3 heterocycles. The summed E-state index contributed by atoms with van der Waals surface area (Å²) in [5.74, 6) is 1.70. The van der Waals surface area contributed by atoms with Crippen molar-refractivity contribution in [3.05, 3.63) is 115 Å². The molecule has 2 aliphatic heterocycles. The molecular weight excluding hydrogens is 514 g/mol. The predicted molar refractivity (Wildman–Crippen MR) is 149 cm³/mol. The van der Waals surface area contributed by atoms with E-state index < -0.39 is 6.04 Å². The summed E-state index contributed by atoms with van der Waals surface area (Å²) in [6, 6.07) is 21.5. The summed E-state index contributed by atoms with van der Waals surface area (Å²) in [5.41, 5.74) is 2.97. The van der Waals surface area contributed by atoms with E-state index in [2.05, 4.69) is 5.32 Å². The number of nitrogens with one attached hydrogen (secondary N) is 1. The van der Waals surface area contributed by atoms with Crippen LogP contribution in [0.25, 0.3) is 6.08 Å². The van der Waals surface area contributed by atoms with Gasteiger partial charge in [-0.2, -0.15) is 0 Å². The van der Waals surface area contributed by atoms with Crippen LogP contribution in [0.3, 0.4) is 0 Å². The molecule has 1 N–H and O–H groups in total. The third-order valence-corrected chi connectivity index (χ3v) is 7.58. The molecule has 39 heavy (non-hydrogen) atoms. The van der Waals surface area contributed by atoms with Crippen molar-refractivity contribution in [1.29, 1.82) is 0 Å². The second-order valence-electron chi connectivity index (χ2n) is 9.08. The van der Waals surface area contributed by atoms with Gasteiger partial charge in [-0.1, -0.05) is 47.7 Å². The van der Waals surface area contributed by atoms with E-state index in [1.807, 2.05) is 78.9 Å². The quantitative estimate of drug-likeness (QED) is 0.418. The van der Waals surface area contributed by atoms with E-state index in [0.717, 1.165) is 11.1 Å². The van der Waals surface area contributed by atoms with Gasteiger partial charge in [-0.15, -0.1) is 0 Å². The van der Waals surface area contributed by atoms with Gasteiger partial charge in [0, 0.05) is 5.69 Å². The largest absolute Gasteiger partial charge is 0.497 e. The molecule has 196 valence electrons. The van der Waals surface area contributed by atoms with Crippen LogP contribution in [0, 0.1) is 0 Å². The van der Waals surface area contributed by atoms with Crippen molar-refractivity contribution < 1.29 is 19.0 Å². The molecule has 1 aromatic heterocycles. The Hall–Kier alpha value is -4.63. The lowest BCUT2D eigenvalue weighted by Crippen LogP contribution is -2.40. The first-order valence-corrected chi connectivity index (χ1v) is 13.3. The predicted octanol–water partition coefficient (Wildman–Crippen LogP) is 3.65. The summed E-state index contributed by atoms with van der Waals surface area (Å²) in [6.07, 6.45) is 1.82. The molecule has 6 rings (SSSR count). The van der Waals surface area contributed by atoms with Crippen molar-refractivity contribution in [2.45, 2.75) is 13.0 Å². The van der Waals surface area contributed by atoms with Gasteiger partial charge in [0.25, 0.3) is 11.5 Å². The van der Waals surface area contributed by atoms with Gasteiger partial charge >= 0.3 is 0 Å². The lowest BCUT2D eigenvalue weighted by Gasteiger charge is -2.25. The van der Waals surface area contributed by atoms with Crippen molar-refractivity contribution >= 4 is 29.0 Å². The molecule has 1 amide bonds. The Morgan fingerprint density at radius 1 is 1.05 bits per heavy atom. The van der Waals surface area contributed by atoms with Crippen molar-refractivity contribution in [3.8, 4) is 17.2 Å². The maximum Gasteiger partial charge on any atom is 0.271 e. The van der Waals surface area contributed by atoms with Crippen LogP contribution in [0.1, 0.15) is 24.1 Å². The van der Waals surface area contributed by atoms with Crippen molar-refractivity contribution in [2.75, 3.05) is 25.6 Å². The first-order chi connectivity index (χ1) is 19.0. The summed E-state index contributed by atoms with van der Waals surface area (Å²) in [7, 11) is 1.60. The molecule has 0 bridgehead atoms. The van der Waals surface area contributed by atoms with Crippen molar-refractivity contribution in [1.82, 2.24) is 4.57 Å². The molecule has 8 nitrogen and oxygen atoms in total. The highest BCUT2D eigenvalue weighted by atomic mass is 32.1. The Labute approximate surface area is 228 Å². The Balaban J connectivity index is 1.48. The average molecular weight is 540 g/mol. The van der Waals surface area contributed by atoms with Crippen LogP contribution in [0.15, 0.2) is 93.9 Å². The number of hydrogen-bond acceptors (Lipinski definition) is 7. The Morgan fingerprint density at radius 3 is 2.54 bits per heavy atom. The zero-order chi connectivity index (χ0) is 26.9. The number of nitrogens with zero attached hydrogens (tertiary/aromatic N) is 2. The van der Waals surface area contributed by atoms with Crippen LogP contribution >= 0.6 is 11.3 Å². The highest BCUT2D eigenvalue weighted by Crippen LogP contribution is 2.32. The number of carbonyl (C=O) groups excluding carboxylic acids is 1. The van der Waals surface area contributed by atoms with Crippen LogP contribution in [-0.2, 0) is 4.79 Å². The van der Waals surface area contributed by atoms with Gasteiger partial charge in [-0.25, -0.2) is 4.99 Å². The number of allylic oxidation sites excluding steroid dienone is 1. The minimum Gasteiger partial charge on any atom is -0.497 e. The number of para-hydroxylation sites is 1. The molecule has 0 aliphatic carbocycles. The van der Waals surface area contributed by atoms with E-state index in [4.69, 9.17) is 19.2 Å². The van der Waals surface area contributed by atoms with Gasteiger partial charge in [0.05, 0.1) is 29.0 Å². The van der Waals surface area contributed by atoms with Gasteiger partial charge < -0.3 is 19.5 Å². The van der Waals surface area contributed by atoms with Gasteiger partial charge in [0.2, 0.25) is 0 Å². The van der Waals surface area contributed by atoms with E-state index >= 15 is 0 Å². The van der Waals surface area contributed by atoms with E-state index in [1.54, 1.807) is 18.6 Å². The minimum atomic E-state index is -0.668. The number of fused-ring (bicyclic) bond motifs is 2. The van der Waals surface area contributed by atoms with Crippen LogP contribution < -0.4 is 34.4 Å². The molecule has 0 saturated carbocycles. The molecule has 1 atom stereocenters. The monoisotopic (exact) mass is 539 g/mol. The zero-order valence-corrected chi connectivity index (χ0v) is 22.2. The summed E-state index contributed by atoms with van der Waals surface area (Å²) in [5, 5.41) is 2.96. The Bertz CT molecular complexity index is 1770. The second-order valence-corrected chi connectivity index (χ2v) is 10.1. The fourth-order valence-corrected chi connectivity index (χ4v) is 5.78. The van der Waals surface area contributed by atoms with Gasteiger partial charge in [-0.3, -0.25) is 14.2 Å². The van der Waals surface area contributed by atoms with Crippen molar-refractivity contribution in [2.24, 2.45) is 4.99 Å². The number of carbonyl (C=O) groups is 1. The highest BCUT2D eigenvalue weighted by molar-refractivity contribution is 7.07. The molecular formula is C30H25N3O5S. The fraction of sp³-hybridized carbons (Fsp3) is 0.167. The van der Waals surface area contributed by atoms with Crippen LogP contribution in [0.2, 0.25) is 0 Å². The van der Waals surface area contributed by atoms with Gasteiger partial charge in [-0.05, 0) is 60.5 Å². The Kier molecular flexibility index (Phi) is 6.50. The minimum absolute atomic E-state index is 0.230. The number of methoxy groups -OCH3 is 1. The molecule has 2 aliphatic rings. The molecule has 4 aromatic rings. The molecule has 0 radical (unpaired) electrons. The van der Waals surface area contributed by atoms with E-state index in [-0.39, 0.29) is 11.5 Å². The maximum absolute atomic E-state index is 13.9. The second kappa shape index (κ2) is 10.3. The molecule has 9 heteroatoms. The summed E-state index contributed by atoms with van der Waals surface area (Å²) in [6.45, 7) is 2.79. The van der Waals surface area contributed by atoms with E-state index in [9.17, 15) is 9.59 Å². The third-order valence-electron chi connectivity index (χ3n) is 6.59. The number of aromatic nitrogens is 1. The summed E-state index contributed by atoms with van der Waals surface area (Å²) in [4.78, 5) is 32.8. The lowest BCUT2D eigenvalue weighted by molar-refractivity contribution is -0.113. The number of benzene rings is 3. The SMILES string of the molecule is COc1ccc(C2C(C(=O)Nc3ccccc3)=C(C)N=c3s/c(=C/c4ccc5c(c4)OCCO5)c(=O)n32)cc1. The molecule has 3 aromatic carbocycles. The highest BCUT2D eigenvalue weighted by Gasteiger charge is 2.32. The van der Waals surface area contributed by atoms with Crippen molar-refractivity contribution in [3.63, 3.8) is 0 Å². The molecule has 0 saturated heterocycles. The number of hydrogen-bond donors (Lipinski definition) is 1.